The standard InChI is InChI=1S/C14H18N4O2/c1-9(19)16-10-4-5-14(20-3)12(6-10)13-7-11(8-15)17-18(13)2/h4-7H,8,15H2,1-3H3,(H,16,19). The van der Waals surface area contributed by atoms with Gasteiger partial charge in [-0.25, -0.2) is 0 Å². The molecule has 2 aromatic rings. The highest BCUT2D eigenvalue weighted by Crippen LogP contribution is 2.32. The van der Waals surface area contributed by atoms with Crippen LogP contribution in [-0.2, 0) is 18.4 Å². The third-order valence-corrected chi connectivity index (χ3v) is 2.94. The van der Waals surface area contributed by atoms with Crippen molar-refractivity contribution in [2.75, 3.05) is 12.4 Å². The van der Waals surface area contributed by atoms with E-state index in [1.807, 2.05) is 25.2 Å². The van der Waals surface area contributed by atoms with Gasteiger partial charge in [0.15, 0.2) is 0 Å². The minimum Gasteiger partial charge on any atom is -0.496 e. The highest BCUT2D eigenvalue weighted by molar-refractivity contribution is 5.90. The van der Waals surface area contributed by atoms with E-state index < -0.39 is 0 Å². The molecule has 0 saturated carbocycles. The molecule has 0 saturated heterocycles. The predicted octanol–water partition coefficient (Wildman–Crippen LogP) is 1.51. The van der Waals surface area contributed by atoms with Gasteiger partial charge >= 0.3 is 0 Å². The summed E-state index contributed by atoms with van der Waals surface area (Å²) < 4.78 is 7.12. The van der Waals surface area contributed by atoms with Crippen molar-refractivity contribution in [1.82, 2.24) is 9.78 Å². The van der Waals surface area contributed by atoms with Crippen molar-refractivity contribution in [3.05, 3.63) is 30.0 Å². The number of aryl methyl sites for hydroxylation is 1. The van der Waals surface area contributed by atoms with Gasteiger partial charge in [-0.05, 0) is 24.3 Å². The molecule has 0 bridgehead atoms. The number of carbonyl (C=O) groups is 1. The van der Waals surface area contributed by atoms with Crippen LogP contribution < -0.4 is 15.8 Å². The monoisotopic (exact) mass is 274 g/mol. The molecule has 20 heavy (non-hydrogen) atoms. The Morgan fingerprint density at radius 2 is 2.20 bits per heavy atom. The number of aromatic nitrogens is 2. The molecule has 0 atom stereocenters. The van der Waals surface area contributed by atoms with Gasteiger partial charge in [0.05, 0.1) is 18.5 Å². The lowest BCUT2D eigenvalue weighted by atomic mass is 10.1. The molecule has 1 amide bonds. The number of amides is 1. The fourth-order valence-corrected chi connectivity index (χ4v) is 2.07. The van der Waals surface area contributed by atoms with Crippen molar-refractivity contribution in [3.63, 3.8) is 0 Å². The average Bonchev–Trinajstić information content (AvgIpc) is 2.79. The van der Waals surface area contributed by atoms with Crippen LogP contribution >= 0.6 is 0 Å². The van der Waals surface area contributed by atoms with Crippen molar-refractivity contribution in [3.8, 4) is 17.0 Å². The Bertz CT molecular complexity index is 634. The fraction of sp³-hybridized carbons (Fsp3) is 0.286. The van der Waals surface area contributed by atoms with Crippen molar-refractivity contribution < 1.29 is 9.53 Å². The first-order valence-electron chi connectivity index (χ1n) is 6.24. The van der Waals surface area contributed by atoms with Gasteiger partial charge in [0.1, 0.15) is 5.75 Å². The van der Waals surface area contributed by atoms with E-state index in [4.69, 9.17) is 10.5 Å². The average molecular weight is 274 g/mol. The molecule has 2 rings (SSSR count). The lowest BCUT2D eigenvalue weighted by Gasteiger charge is -2.11. The van der Waals surface area contributed by atoms with E-state index in [1.165, 1.54) is 6.92 Å². The Hall–Kier alpha value is -2.34. The molecular weight excluding hydrogens is 256 g/mol. The Morgan fingerprint density at radius 3 is 2.75 bits per heavy atom. The van der Waals surface area contributed by atoms with Crippen molar-refractivity contribution in [2.24, 2.45) is 12.8 Å². The van der Waals surface area contributed by atoms with Crippen LogP contribution in [0, 0.1) is 0 Å². The Balaban J connectivity index is 2.51. The Kier molecular flexibility index (Phi) is 4.05. The summed E-state index contributed by atoms with van der Waals surface area (Å²) in [4.78, 5) is 11.2. The van der Waals surface area contributed by atoms with Crippen LogP contribution in [0.5, 0.6) is 5.75 Å². The normalized spacial score (nSPS) is 10.4. The third kappa shape index (κ3) is 2.80. The molecule has 1 aromatic carbocycles. The molecule has 6 nitrogen and oxygen atoms in total. The first kappa shape index (κ1) is 14.1. The van der Waals surface area contributed by atoms with Gasteiger partial charge in [0.2, 0.25) is 5.91 Å². The van der Waals surface area contributed by atoms with Crippen LogP contribution in [0.1, 0.15) is 12.6 Å². The first-order chi connectivity index (χ1) is 9.55. The van der Waals surface area contributed by atoms with E-state index in [0.717, 1.165) is 17.0 Å². The van der Waals surface area contributed by atoms with Gasteiger partial charge in [-0.2, -0.15) is 5.10 Å². The summed E-state index contributed by atoms with van der Waals surface area (Å²) in [5.74, 6) is 0.597. The van der Waals surface area contributed by atoms with Gasteiger partial charge in [0.25, 0.3) is 0 Å². The molecule has 0 aliphatic rings. The number of anilines is 1. The molecule has 0 aliphatic heterocycles. The zero-order valence-electron chi connectivity index (χ0n) is 11.8. The molecule has 0 unspecified atom stereocenters. The number of hydrogen-bond donors (Lipinski definition) is 2. The molecule has 6 heteroatoms. The Labute approximate surface area is 117 Å². The maximum atomic E-state index is 11.2. The van der Waals surface area contributed by atoms with E-state index in [0.29, 0.717) is 18.0 Å². The summed E-state index contributed by atoms with van der Waals surface area (Å²) >= 11 is 0. The van der Waals surface area contributed by atoms with E-state index >= 15 is 0 Å². The molecule has 1 aromatic heterocycles. The number of ether oxygens (including phenoxy) is 1. The van der Waals surface area contributed by atoms with E-state index in [1.54, 1.807) is 17.9 Å². The summed E-state index contributed by atoms with van der Waals surface area (Å²) in [6.45, 7) is 1.85. The number of carbonyl (C=O) groups excluding carboxylic acids is 1. The number of hydrogen-bond acceptors (Lipinski definition) is 4. The van der Waals surface area contributed by atoms with Crippen molar-refractivity contribution >= 4 is 11.6 Å². The van der Waals surface area contributed by atoms with Crippen LogP contribution in [0.3, 0.4) is 0 Å². The van der Waals surface area contributed by atoms with Gasteiger partial charge in [0, 0.05) is 31.8 Å². The van der Waals surface area contributed by atoms with Gasteiger partial charge in [-0.3, -0.25) is 9.48 Å². The van der Waals surface area contributed by atoms with E-state index in [-0.39, 0.29) is 5.91 Å². The predicted molar refractivity (Wildman–Crippen MR) is 77.4 cm³/mol. The zero-order chi connectivity index (χ0) is 14.7. The van der Waals surface area contributed by atoms with Crippen molar-refractivity contribution in [1.29, 1.82) is 0 Å². The summed E-state index contributed by atoms with van der Waals surface area (Å²) in [5, 5.41) is 7.08. The number of nitrogens with two attached hydrogens (primary N) is 1. The second-order valence-electron chi connectivity index (χ2n) is 4.44. The summed E-state index contributed by atoms with van der Waals surface area (Å²) in [7, 11) is 3.45. The van der Waals surface area contributed by atoms with Gasteiger partial charge < -0.3 is 15.8 Å². The molecule has 1 heterocycles. The van der Waals surface area contributed by atoms with Crippen molar-refractivity contribution in [2.45, 2.75) is 13.5 Å². The smallest absolute Gasteiger partial charge is 0.221 e. The number of rotatable bonds is 4. The summed E-state index contributed by atoms with van der Waals surface area (Å²) in [6.07, 6.45) is 0. The van der Waals surface area contributed by atoms with E-state index in [2.05, 4.69) is 10.4 Å². The molecule has 0 spiro atoms. The molecular formula is C14H18N4O2. The van der Waals surface area contributed by atoms with Crippen LogP contribution in [0.2, 0.25) is 0 Å². The second-order valence-corrected chi connectivity index (χ2v) is 4.44. The number of methoxy groups -OCH3 is 1. The van der Waals surface area contributed by atoms with Crippen LogP contribution in [-0.4, -0.2) is 22.8 Å². The minimum absolute atomic E-state index is 0.117. The first-order valence-corrected chi connectivity index (χ1v) is 6.24. The summed E-state index contributed by atoms with van der Waals surface area (Å²) in [6, 6.07) is 7.38. The fourth-order valence-electron chi connectivity index (χ4n) is 2.07. The number of benzene rings is 1. The topological polar surface area (TPSA) is 82.2 Å². The molecule has 0 fully saturated rings. The third-order valence-electron chi connectivity index (χ3n) is 2.94. The zero-order valence-corrected chi connectivity index (χ0v) is 11.8. The molecule has 0 radical (unpaired) electrons. The van der Waals surface area contributed by atoms with Gasteiger partial charge in [-0.1, -0.05) is 0 Å². The van der Waals surface area contributed by atoms with E-state index in [9.17, 15) is 4.79 Å². The SMILES string of the molecule is COc1ccc(NC(C)=O)cc1-c1cc(CN)nn1C. The van der Waals surface area contributed by atoms with Crippen LogP contribution in [0.15, 0.2) is 24.3 Å². The molecule has 3 N–H and O–H groups in total. The van der Waals surface area contributed by atoms with Crippen LogP contribution in [0.4, 0.5) is 5.69 Å². The Morgan fingerprint density at radius 1 is 1.45 bits per heavy atom. The maximum Gasteiger partial charge on any atom is 0.221 e. The number of nitrogens with one attached hydrogen (secondary N) is 1. The van der Waals surface area contributed by atoms with Crippen LogP contribution in [0.25, 0.3) is 11.3 Å². The lowest BCUT2D eigenvalue weighted by molar-refractivity contribution is -0.114. The lowest BCUT2D eigenvalue weighted by Crippen LogP contribution is -2.06. The highest BCUT2D eigenvalue weighted by Gasteiger charge is 2.13. The van der Waals surface area contributed by atoms with Gasteiger partial charge in [-0.15, -0.1) is 0 Å². The second kappa shape index (κ2) is 5.75. The molecule has 0 aliphatic carbocycles. The summed E-state index contributed by atoms with van der Waals surface area (Å²) in [5.41, 5.74) is 8.86. The quantitative estimate of drug-likeness (QED) is 0.885. The largest absolute Gasteiger partial charge is 0.496 e. The maximum absolute atomic E-state index is 11.2. The minimum atomic E-state index is -0.117. The highest BCUT2D eigenvalue weighted by atomic mass is 16.5. The molecule has 106 valence electrons. The number of nitrogens with zero attached hydrogens (tertiary/aromatic N) is 2.